The molecule has 1 amide bonds. The first-order chi connectivity index (χ1) is 11.8. The summed E-state index contributed by atoms with van der Waals surface area (Å²) in [5.74, 6) is 0.213. The number of carbonyl (C=O) groups is 1. The molecule has 0 aliphatic carbocycles. The van der Waals surface area contributed by atoms with Crippen molar-refractivity contribution in [1.29, 1.82) is 0 Å². The van der Waals surface area contributed by atoms with Crippen molar-refractivity contribution in [2.45, 2.75) is 5.92 Å². The number of nitrogens with one attached hydrogen (secondary N) is 2. The van der Waals surface area contributed by atoms with Gasteiger partial charge in [-0.2, -0.15) is 0 Å². The number of aromatic nitrogens is 1. The number of hydrogen-bond donors (Lipinski definition) is 2. The third kappa shape index (κ3) is 3.98. The van der Waals surface area contributed by atoms with Crippen LogP contribution in [0.1, 0.15) is 11.5 Å². The van der Waals surface area contributed by atoms with Gasteiger partial charge in [0.2, 0.25) is 5.91 Å². The molecule has 136 valence electrons. The highest BCUT2D eigenvalue weighted by atomic mass is 35.5. The molecule has 0 bridgehead atoms. The van der Waals surface area contributed by atoms with Gasteiger partial charge in [-0.3, -0.25) is 9.78 Å². The van der Waals surface area contributed by atoms with Crippen molar-refractivity contribution in [3.63, 3.8) is 0 Å². The first-order valence-electron chi connectivity index (χ1n) is 8.22. The van der Waals surface area contributed by atoms with Crippen molar-refractivity contribution in [2.75, 3.05) is 18.4 Å². The molecule has 3 aromatic rings. The molecule has 0 radical (unpaired) electrons. The Morgan fingerprint density at radius 3 is 2.62 bits per heavy atom. The van der Waals surface area contributed by atoms with Crippen LogP contribution in [0.25, 0.3) is 10.8 Å². The van der Waals surface area contributed by atoms with E-state index < -0.39 is 0 Å². The number of nitrogens with zero attached hydrogens (tertiary/aromatic N) is 1. The predicted molar refractivity (Wildman–Crippen MR) is 110 cm³/mol. The number of carbonyl (C=O) groups excluding carboxylic acids is 1. The summed E-state index contributed by atoms with van der Waals surface area (Å²) in [5, 5.41) is 8.52. The minimum Gasteiger partial charge on any atom is -0.325 e. The fourth-order valence-electron chi connectivity index (χ4n) is 3.46. The van der Waals surface area contributed by atoms with Crippen molar-refractivity contribution in [3.05, 3.63) is 72.6 Å². The number of halogens is 2. The number of fused-ring (bicyclic) bond motifs is 1. The second-order valence-electron chi connectivity index (χ2n) is 6.17. The van der Waals surface area contributed by atoms with E-state index in [0.717, 1.165) is 23.0 Å². The number of pyridine rings is 1. The van der Waals surface area contributed by atoms with Gasteiger partial charge in [0.15, 0.2) is 0 Å². The molecule has 2 heterocycles. The van der Waals surface area contributed by atoms with Crippen LogP contribution in [0.5, 0.6) is 0 Å². The monoisotopic (exact) mass is 389 g/mol. The molecule has 1 aromatic heterocycles. The average Bonchev–Trinajstić information content (AvgIpc) is 3.13. The molecule has 26 heavy (non-hydrogen) atoms. The van der Waals surface area contributed by atoms with Crippen LogP contribution in [0, 0.1) is 5.92 Å². The zero-order valence-corrected chi connectivity index (χ0v) is 15.7. The van der Waals surface area contributed by atoms with Crippen LogP contribution in [0.4, 0.5) is 5.69 Å². The molecule has 1 aliphatic rings. The van der Waals surface area contributed by atoms with E-state index in [4.69, 9.17) is 0 Å². The molecular weight excluding hydrogens is 369 g/mol. The number of rotatable bonds is 3. The van der Waals surface area contributed by atoms with E-state index in [2.05, 4.69) is 27.8 Å². The van der Waals surface area contributed by atoms with Gasteiger partial charge in [-0.15, -0.1) is 24.8 Å². The zero-order chi connectivity index (χ0) is 16.4. The minimum atomic E-state index is -0.0653. The summed E-state index contributed by atoms with van der Waals surface area (Å²) in [5.41, 5.74) is 2.06. The van der Waals surface area contributed by atoms with Gasteiger partial charge in [-0.25, -0.2) is 0 Å². The Morgan fingerprint density at radius 2 is 1.81 bits per heavy atom. The third-order valence-electron chi connectivity index (χ3n) is 4.72. The fraction of sp³-hybridized carbons (Fsp3) is 0.200. The summed E-state index contributed by atoms with van der Waals surface area (Å²) in [6.07, 6.45) is 3.57. The Kier molecular flexibility index (Phi) is 6.98. The van der Waals surface area contributed by atoms with Gasteiger partial charge in [0.25, 0.3) is 0 Å². The average molecular weight is 390 g/mol. The molecule has 2 atom stereocenters. The number of benzene rings is 2. The number of anilines is 1. The maximum atomic E-state index is 12.9. The quantitative estimate of drug-likeness (QED) is 0.710. The van der Waals surface area contributed by atoms with Gasteiger partial charge in [0, 0.05) is 47.9 Å². The van der Waals surface area contributed by atoms with Gasteiger partial charge < -0.3 is 10.6 Å². The molecule has 4 rings (SSSR count). The molecule has 1 fully saturated rings. The Morgan fingerprint density at radius 1 is 1.00 bits per heavy atom. The summed E-state index contributed by atoms with van der Waals surface area (Å²) in [4.78, 5) is 17.0. The van der Waals surface area contributed by atoms with Gasteiger partial charge in [0.05, 0.1) is 5.92 Å². The maximum absolute atomic E-state index is 12.9. The first kappa shape index (κ1) is 20.2. The second kappa shape index (κ2) is 8.99. The standard InChI is InChI=1S/C20H19N3O.2ClH/c24-20(18-13-22-12-17(18)14-5-2-1-3-6-14)23-19-8-4-7-15-11-21-10-9-16(15)19;;/h1-11,17-18,22H,12-13H2,(H,23,24);2*1H. The third-order valence-corrected chi connectivity index (χ3v) is 4.72. The fourth-order valence-corrected chi connectivity index (χ4v) is 3.46. The Hall–Kier alpha value is -2.14. The molecule has 0 saturated carbocycles. The van der Waals surface area contributed by atoms with Gasteiger partial charge in [-0.05, 0) is 17.7 Å². The van der Waals surface area contributed by atoms with E-state index in [0.29, 0.717) is 6.54 Å². The smallest absolute Gasteiger partial charge is 0.229 e. The highest BCUT2D eigenvalue weighted by molar-refractivity contribution is 6.03. The lowest BCUT2D eigenvalue weighted by atomic mass is 9.88. The summed E-state index contributed by atoms with van der Waals surface area (Å²) >= 11 is 0. The van der Waals surface area contributed by atoms with Crippen LogP contribution in [-0.4, -0.2) is 24.0 Å². The van der Waals surface area contributed by atoms with E-state index in [-0.39, 0.29) is 42.6 Å². The van der Waals surface area contributed by atoms with Gasteiger partial charge in [-0.1, -0.05) is 42.5 Å². The van der Waals surface area contributed by atoms with E-state index in [1.807, 2.05) is 48.7 Å². The molecule has 0 spiro atoms. The highest BCUT2D eigenvalue weighted by Crippen LogP contribution is 2.30. The molecular formula is C20H21Cl2N3O. The van der Waals surface area contributed by atoms with Gasteiger partial charge in [0.1, 0.15) is 0 Å². The molecule has 2 aromatic carbocycles. The molecule has 4 nitrogen and oxygen atoms in total. The summed E-state index contributed by atoms with van der Waals surface area (Å²) in [7, 11) is 0. The summed E-state index contributed by atoms with van der Waals surface area (Å²) in [6, 6.07) is 18.1. The summed E-state index contributed by atoms with van der Waals surface area (Å²) in [6.45, 7) is 1.54. The van der Waals surface area contributed by atoms with Crippen molar-refractivity contribution in [2.24, 2.45) is 5.92 Å². The van der Waals surface area contributed by atoms with Crippen molar-refractivity contribution >= 4 is 47.2 Å². The molecule has 2 unspecified atom stereocenters. The lowest BCUT2D eigenvalue weighted by Crippen LogP contribution is -2.28. The second-order valence-corrected chi connectivity index (χ2v) is 6.17. The lowest BCUT2D eigenvalue weighted by Gasteiger charge is -2.19. The lowest BCUT2D eigenvalue weighted by molar-refractivity contribution is -0.119. The predicted octanol–water partition coefficient (Wildman–Crippen LogP) is 4.02. The normalized spacial score (nSPS) is 18.6. The Labute approximate surface area is 165 Å². The van der Waals surface area contributed by atoms with Crippen molar-refractivity contribution in [1.82, 2.24) is 10.3 Å². The van der Waals surface area contributed by atoms with Crippen molar-refractivity contribution in [3.8, 4) is 0 Å². The Bertz CT molecular complexity index is 868. The van der Waals surface area contributed by atoms with E-state index in [9.17, 15) is 4.79 Å². The van der Waals surface area contributed by atoms with Crippen LogP contribution < -0.4 is 10.6 Å². The molecule has 1 aliphatic heterocycles. The maximum Gasteiger partial charge on any atom is 0.229 e. The largest absolute Gasteiger partial charge is 0.325 e. The van der Waals surface area contributed by atoms with Crippen LogP contribution in [0.15, 0.2) is 67.0 Å². The SMILES string of the molecule is Cl.Cl.O=C(Nc1cccc2cnccc12)C1CNCC1c1ccccc1. The van der Waals surface area contributed by atoms with Crippen LogP contribution >= 0.6 is 24.8 Å². The topological polar surface area (TPSA) is 54.0 Å². The highest BCUT2D eigenvalue weighted by Gasteiger charge is 2.33. The Balaban J connectivity index is 0.00000121. The van der Waals surface area contributed by atoms with E-state index >= 15 is 0 Å². The molecule has 1 saturated heterocycles. The molecule has 2 N–H and O–H groups in total. The molecule has 6 heteroatoms. The van der Waals surface area contributed by atoms with Crippen LogP contribution in [0.2, 0.25) is 0 Å². The number of amides is 1. The number of hydrogen-bond acceptors (Lipinski definition) is 3. The van der Waals surface area contributed by atoms with Crippen LogP contribution in [-0.2, 0) is 4.79 Å². The zero-order valence-electron chi connectivity index (χ0n) is 14.1. The summed E-state index contributed by atoms with van der Waals surface area (Å²) < 4.78 is 0. The minimum absolute atomic E-state index is 0. The van der Waals surface area contributed by atoms with Crippen molar-refractivity contribution < 1.29 is 4.79 Å². The van der Waals surface area contributed by atoms with Crippen LogP contribution in [0.3, 0.4) is 0 Å². The van der Waals surface area contributed by atoms with Gasteiger partial charge >= 0.3 is 0 Å². The van der Waals surface area contributed by atoms with E-state index in [1.54, 1.807) is 6.20 Å². The first-order valence-corrected chi connectivity index (χ1v) is 8.22. The van der Waals surface area contributed by atoms with E-state index in [1.165, 1.54) is 5.56 Å².